The Bertz CT molecular complexity index is 849. The number of para-hydroxylation sites is 1. The highest BCUT2D eigenvalue weighted by molar-refractivity contribution is 5.55. The first-order valence-electron chi connectivity index (χ1n) is 8.63. The summed E-state index contributed by atoms with van der Waals surface area (Å²) in [5.41, 5.74) is 4.96. The van der Waals surface area contributed by atoms with E-state index in [1.807, 2.05) is 35.0 Å². The Morgan fingerprint density at radius 1 is 0.840 bits per heavy atom. The van der Waals surface area contributed by atoms with Crippen LogP contribution in [0.3, 0.4) is 0 Å². The fourth-order valence-electron chi connectivity index (χ4n) is 3.42. The molecular weight excluding hydrogens is 312 g/mol. The molecule has 1 aromatic heterocycles. The van der Waals surface area contributed by atoms with Gasteiger partial charge >= 0.3 is 0 Å². The maximum Gasteiger partial charge on any atom is 0.250 e. The highest BCUT2D eigenvalue weighted by atomic mass is 15.6. The largest absolute Gasteiger partial charge is 0.368 e. The molecule has 1 aliphatic heterocycles. The number of hydrogen-bond donors (Lipinski definition) is 0. The van der Waals surface area contributed by atoms with Crippen molar-refractivity contribution in [1.82, 2.24) is 20.2 Å². The topological polar surface area (TPSA) is 50.1 Å². The Morgan fingerprint density at radius 3 is 2.28 bits per heavy atom. The van der Waals surface area contributed by atoms with E-state index in [9.17, 15) is 0 Å². The van der Waals surface area contributed by atoms with Crippen LogP contribution in [0.15, 0.2) is 48.5 Å². The zero-order chi connectivity index (χ0) is 17.2. The van der Waals surface area contributed by atoms with Gasteiger partial charge in [-0.05, 0) is 48.0 Å². The average molecular weight is 334 g/mol. The van der Waals surface area contributed by atoms with Gasteiger partial charge in [-0.1, -0.05) is 41.0 Å². The van der Waals surface area contributed by atoms with Crippen LogP contribution in [0, 0.1) is 13.8 Å². The number of tetrazole rings is 1. The van der Waals surface area contributed by atoms with Crippen LogP contribution in [0.1, 0.15) is 11.1 Å². The van der Waals surface area contributed by atoms with E-state index in [1.165, 1.54) is 16.8 Å². The van der Waals surface area contributed by atoms with E-state index >= 15 is 0 Å². The van der Waals surface area contributed by atoms with Gasteiger partial charge in [-0.15, -0.1) is 0 Å². The maximum atomic E-state index is 4.25. The van der Waals surface area contributed by atoms with Gasteiger partial charge < -0.3 is 9.80 Å². The molecule has 0 N–H and O–H groups in total. The molecule has 0 saturated carbocycles. The van der Waals surface area contributed by atoms with Crippen LogP contribution in [0.5, 0.6) is 0 Å². The molecule has 25 heavy (non-hydrogen) atoms. The summed E-state index contributed by atoms with van der Waals surface area (Å²) >= 11 is 0. The van der Waals surface area contributed by atoms with Gasteiger partial charge in [0.2, 0.25) is 5.95 Å². The number of rotatable bonds is 3. The quantitative estimate of drug-likeness (QED) is 0.737. The molecule has 6 nitrogen and oxygen atoms in total. The third-order valence-electron chi connectivity index (χ3n) is 4.71. The van der Waals surface area contributed by atoms with E-state index in [-0.39, 0.29) is 0 Å². The molecule has 1 aliphatic rings. The molecule has 0 aliphatic carbocycles. The summed E-state index contributed by atoms with van der Waals surface area (Å²) in [5.74, 6) is 0.812. The van der Waals surface area contributed by atoms with Crippen molar-refractivity contribution >= 4 is 11.6 Å². The first kappa shape index (κ1) is 15.6. The monoisotopic (exact) mass is 334 g/mol. The number of benzene rings is 2. The van der Waals surface area contributed by atoms with Crippen molar-refractivity contribution < 1.29 is 0 Å². The van der Waals surface area contributed by atoms with Crippen LogP contribution in [0.2, 0.25) is 0 Å². The highest BCUT2D eigenvalue weighted by Gasteiger charge is 2.23. The molecule has 3 aromatic rings. The first-order chi connectivity index (χ1) is 12.2. The van der Waals surface area contributed by atoms with Gasteiger partial charge in [0.05, 0.1) is 5.69 Å². The van der Waals surface area contributed by atoms with Crippen LogP contribution in [0.25, 0.3) is 5.69 Å². The second-order valence-corrected chi connectivity index (χ2v) is 6.49. The summed E-state index contributed by atoms with van der Waals surface area (Å²) in [4.78, 5) is 4.70. The van der Waals surface area contributed by atoms with Gasteiger partial charge in [-0.3, -0.25) is 0 Å². The van der Waals surface area contributed by atoms with Crippen molar-refractivity contribution in [3.8, 4) is 5.69 Å². The lowest BCUT2D eigenvalue weighted by Gasteiger charge is -2.36. The zero-order valence-corrected chi connectivity index (χ0v) is 14.6. The van der Waals surface area contributed by atoms with Crippen molar-refractivity contribution in [2.24, 2.45) is 0 Å². The predicted octanol–water partition coefficient (Wildman–Crippen LogP) is 2.61. The van der Waals surface area contributed by atoms with Crippen molar-refractivity contribution in [3.05, 3.63) is 59.7 Å². The second-order valence-electron chi connectivity index (χ2n) is 6.49. The van der Waals surface area contributed by atoms with Crippen LogP contribution in [0.4, 0.5) is 11.6 Å². The Labute approximate surface area is 147 Å². The van der Waals surface area contributed by atoms with E-state index in [2.05, 4.69) is 57.4 Å². The summed E-state index contributed by atoms with van der Waals surface area (Å²) in [5, 5.41) is 12.3. The number of hydrogen-bond acceptors (Lipinski definition) is 5. The summed E-state index contributed by atoms with van der Waals surface area (Å²) in [6.45, 7) is 8.06. The second kappa shape index (κ2) is 6.55. The van der Waals surface area contributed by atoms with E-state index in [1.54, 1.807) is 0 Å². The molecule has 0 amide bonds. The molecular formula is C19H22N6. The number of nitrogens with zero attached hydrogens (tertiary/aromatic N) is 6. The van der Waals surface area contributed by atoms with Gasteiger partial charge in [-0.25, -0.2) is 0 Å². The molecule has 1 saturated heterocycles. The molecule has 128 valence electrons. The third kappa shape index (κ3) is 3.07. The fourth-order valence-corrected chi connectivity index (χ4v) is 3.42. The zero-order valence-electron chi connectivity index (χ0n) is 14.6. The first-order valence-corrected chi connectivity index (χ1v) is 8.63. The predicted molar refractivity (Wildman–Crippen MR) is 99.5 cm³/mol. The molecule has 4 rings (SSSR count). The molecule has 2 aromatic carbocycles. The van der Waals surface area contributed by atoms with Gasteiger partial charge in [-0.2, -0.15) is 4.68 Å². The molecule has 6 heteroatoms. The number of piperazine rings is 1. The molecule has 2 heterocycles. The van der Waals surface area contributed by atoms with Crippen molar-refractivity contribution in [3.63, 3.8) is 0 Å². The minimum absolute atomic E-state index is 0.812. The Balaban J connectivity index is 1.51. The molecule has 1 fully saturated rings. The van der Waals surface area contributed by atoms with E-state index in [0.29, 0.717) is 0 Å². The maximum absolute atomic E-state index is 4.25. The van der Waals surface area contributed by atoms with Gasteiger partial charge in [0.1, 0.15) is 0 Å². The Morgan fingerprint density at radius 2 is 1.56 bits per heavy atom. The van der Waals surface area contributed by atoms with Crippen molar-refractivity contribution in [2.75, 3.05) is 36.0 Å². The van der Waals surface area contributed by atoms with Gasteiger partial charge in [0.15, 0.2) is 0 Å². The Hall–Kier alpha value is -2.89. The smallest absolute Gasteiger partial charge is 0.250 e. The summed E-state index contributed by atoms with van der Waals surface area (Å²) in [7, 11) is 0. The third-order valence-corrected chi connectivity index (χ3v) is 4.71. The van der Waals surface area contributed by atoms with E-state index in [4.69, 9.17) is 0 Å². The standard InChI is InChI=1S/C19H22N6/c1-15-8-9-18(16(2)14-15)23-10-12-24(13-11-23)19-20-21-22-25(19)17-6-4-3-5-7-17/h3-9,14H,10-13H2,1-2H3. The fraction of sp³-hybridized carbons (Fsp3) is 0.316. The van der Waals surface area contributed by atoms with Crippen molar-refractivity contribution in [1.29, 1.82) is 0 Å². The Kier molecular flexibility index (Phi) is 4.09. The molecule has 0 unspecified atom stereocenters. The number of aromatic nitrogens is 4. The lowest BCUT2D eigenvalue weighted by molar-refractivity contribution is 0.630. The van der Waals surface area contributed by atoms with E-state index < -0.39 is 0 Å². The molecule has 0 spiro atoms. The minimum Gasteiger partial charge on any atom is -0.368 e. The lowest BCUT2D eigenvalue weighted by atomic mass is 10.1. The number of aryl methyl sites for hydroxylation is 2. The van der Waals surface area contributed by atoms with E-state index in [0.717, 1.165) is 37.8 Å². The van der Waals surface area contributed by atoms with Gasteiger partial charge in [0, 0.05) is 31.9 Å². The SMILES string of the molecule is Cc1ccc(N2CCN(c3nnnn3-c3ccccc3)CC2)c(C)c1. The summed E-state index contributed by atoms with van der Waals surface area (Å²) < 4.78 is 1.81. The summed E-state index contributed by atoms with van der Waals surface area (Å²) in [6, 6.07) is 16.7. The van der Waals surface area contributed by atoms with Crippen LogP contribution in [-0.2, 0) is 0 Å². The highest BCUT2D eigenvalue weighted by Crippen LogP contribution is 2.24. The molecule has 0 radical (unpaired) electrons. The molecule has 0 bridgehead atoms. The van der Waals surface area contributed by atoms with Gasteiger partial charge in [0.25, 0.3) is 0 Å². The lowest BCUT2D eigenvalue weighted by Crippen LogP contribution is -2.47. The van der Waals surface area contributed by atoms with Crippen LogP contribution >= 0.6 is 0 Å². The van der Waals surface area contributed by atoms with Crippen LogP contribution < -0.4 is 9.80 Å². The average Bonchev–Trinajstić information content (AvgIpc) is 3.12. The summed E-state index contributed by atoms with van der Waals surface area (Å²) in [6.07, 6.45) is 0. The number of anilines is 2. The van der Waals surface area contributed by atoms with Crippen LogP contribution in [-0.4, -0.2) is 46.4 Å². The minimum atomic E-state index is 0.812. The normalized spacial score (nSPS) is 14.8. The van der Waals surface area contributed by atoms with Crippen molar-refractivity contribution in [2.45, 2.75) is 13.8 Å². The molecule has 0 atom stereocenters.